The Morgan fingerprint density at radius 2 is 1.89 bits per heavy atom. The quantitative estimate of drug-likeness (QED) is 0.480. The van der Waals surface area contributed by atoms with Crippen LogP contribution in [0.5, 0.6) is 0 Å². The molecular formula is C26H29N7O2. The summed E-state index contributed by atoms with van der Waals surface area (Å²) in [4.78, 5) is 20.0. The average molecular weight is 472 g/mol. The zero-order valence-electron chi connectivity index (χ0n) is 19.9. The third-order valence-electron chi connectivity index (χ3n) is 6.79. The first-order valence-corrected chi connectivity index (χ1v) is 12.3. The molecule has 1 aliphatic carbocycles. The Labute approximate surface area is 203 Å². The Morgan fingerprint density at radius 1 is 1.06 bits per heavy atom. The number of amides is 1. The van der Waals surface area contributed by atoms with Crippen molar-refractivity contribution < 1.29 is 9.53 Å². The van der Waals surface area contributed by atoms with E-state index in [1.807, 2.05) is 24.4 Å². The first-order valence-electron chi connectivity index (χ1n) is 12.3. The number of aryl methyl sites for hydroxylation is 1. The molecule has 6 rings (SSSR count). The number of rotatable bonds is 5. The maximum Gasteiger partial charge on any atom is 0.272 e. The van der Waals surface area contributed by atoms with Crippen LogP contribution in [0, 0.1) is 6.92 Å². The molecule has 9 heteroatoms. The molecule has 1 saturated carbocycles. The van der Waals surface area contributed by atoms with Crippen LogP contribution in [0.1, 0.15) is 41.7 Å². The Hall–Kier alpha value is -3.72. The van der Waals surface area contributed by atoms with Crippen LogP contribution in [0.4, 0.5) is 5.82 Å². The summed E-state index contributed by atoms with van der Waals surface area (Å²) in [5, 5.41) is 12.6. The van der Waals surface area contributed by atoms with E-state index < -0.39 is 0 Å². The minimum atomic E-state index is -0.141. The van der Waals surface area contributed by atoms with Gasteiger partial charge >= 0.3 is 0 Å². The highest BCUT2D eigenvalue weighted by Crippen LogP contribution is 2.24. The van der Waals surface area contributed by atoms with E-state index in [1.165, 1.54) is 5.56 Å². The highest BCUT2D eigenvalue weighted by Gasteiger charge is 2.23. The molecule has 1 amide bonds. The lowest BCUT2D eigenvalue weighted by Crippen LogP contribution is -2.37. The molecule has 1 aromatic carbocycles. The standard InChI is InChI=1S/C26H29N7O2/c1-18-5-4-6-19(15-18)21-9-10-32(29-21)23-17-25(31-11-13-35-14-12-31)33-24(28-23)16-22(30-33)26(34)27-20-7-2-3-8-20/h4-6,9-10,15-17,20H,2-3,7-8,11-14H2,1H3,(H,27,34). The van der Waals surface area contributed by atoms with Gasteiger partial charge in [-0.1, -0.05) is 36.6 Å². The fourth-order valence-corrected chi connectivity index (χ4v) is 4.93. The van der Waals surface area contributed by atoms with Crippen molar-refractivity contribution in [2.45, 2.75) is 38.6 Å². The maximum absolute atomic E-state index is 12.9. The minimum absolute atomic E-state index is 0.141. The fraction of sp³-hybridized carbons (Fsp3) is 0.385. The molecule has 1 saturated heterocycles. The molecule has 1 aliphatic heterocycles. The monoisotopic (exact) mass is 471 g/mol. The maximum atomic E-state index is 12.9. The third kappa shape index (κ3) is 4.39. The number of ether oxygens (including phenoxy) is 1. The minimum Gasteiger partial charge on any atom is -0.378 e. The summed E-state index contributed by atoms with van der Waals surface area (Å²) in [5.41, 5.74) is 4.14. The molecule has 35 heavy (non-hydrogen) atoms. The second-order valence-corrected chi connectivity index (χ2v) is 9.34. The second-order valence-electron chi connectivity index (χ2n) is 9.34. The van der Waals surface area contributed by atoms with Crippen LogP contribution in [-0.2, 0) is 4.74 Å². The fourth-order valence-electron chi connectivity index (χ4n) is 4.93. The van der Waals surface area contributed by atoms with Crippen LogP contribution in [-0.4, -0.2) is 62.6 Å². The lowest BCUT2D eigenvalue weighted by molar-refractivity contribution is 0.0932. The normalized spacial score (nSPS) is 16.8. The van der Waals surface area contributed by atoms with Crippen molar-refractivity contribution >= 4 is 17.4 Å². The lowest BCUT2D eigenvalue weighted by Gasteiger charge is -2.29. The summed E-state index contributed by atoms with van der Waals surface area (Å²) in [7, 11) is 0. The molecule has 4 heterocycles. The van der Waals surface area contributed by atoms with E-state index in [2.05, 4.69) is 40.4 Å². The Bertz CT molecular complexity index is 1360. The molecule has 2 fully saturated rings. The van der Waals surface area contributed by atoms with Gasteiger partial charge in [0, 0.05) is 43.0 Å². The predicted molar refractivity (Wildman–Crippen MR) is 133 cm³/mol. The van der Waals surface area contributed by atoms with Crippen LogP contribution in [0.3, 0.4) is 0 Å². The molecule has 4 aromatic rings. The van der Waals surface area contributed by atoms with E-state index in [0.717, 1.165) is 55.8 Å². The Balaban J connectivity index is 1.39. The van der Waals surface area contributed by atoms with Gasteiger partial charge in [-0.05, 0) is 31.9 Å². The number of nitrogens with zero attached hydrogens (tertiary/aromatic N) is 6. The van der Waals surface area contributed by atoms with Crippen molar-refractivity contribution in [3.63, 3.8) is 0 Å². The molecule has 180 valence electrons. The van der Waals surface area contributed by atoms with Crippen molar-refractivity contribution in [1.82, 2.24) is 29.7 Å². The first kappa shape index (κ1) is 21.8. The Kier molecular flexibility index (Phi) is 5.69. The van der Waals surface area contributed by atoms with Gasteiger partial charge in [-0.2, -0.15) is 14.7 Å². The van der Waals surface area contributed by atoms with Crippen molar-refractivity contribution in [1.29, 1.82) is 0 Å². The number of morpholine rings is 1. The Morgan fingerprint density at radius 3 is 2.69 bits per heavy atom. The summed E-state index contributed by atoms with van der Waals surface area (Å²) in [6, 6.07) is 14.3. The van der Waals surface area contributed by atoms with Crippen molar-refractivity contribution in [3.8, 4) is 17.1 Å². The molecule has 3 aromatic heterocycles. The SMILES string of the molecule is Cc1cccc(-c2ccn(-c3cc(N4CCOCC4)n4nc(C(=O)NC5CCCC5)cc4n3)n2)c1. The largest absolute Gasteiger partial charge is 0.378 e. The molecule has 2 aliphatic rings. The van der Waals surface area contributed by atoms with E-state index >= 15 is 0 Å². The van der Waals surface area contributed by atoms with Crippen LogP contribution in [0.15, 0.2) is 48.7 Å². The van der Waals surface area contributed by atoms with Gasteiger partial charge < -0.3 is 15.0 Å². The van der Waals surface area contributed by atoms with Gasteiger partial charge in [0.25, 0.3) is 5.91 Å². The number of anilines is 1. The third-order valence-corrected chi connectivity index (χ3v) is 6.79. The summed E-state index contributed by atoms with van der Waals surface area (Å²) < 4.78 is 9.11. The zero-order valence-corrected chi connectivity index (χ0v) is 19.9. The highest BCUT2D eigenvalue weighted by molar-refractivity contribution is 5.93. The highest BCUT2D eigenvalue weighted by atomic mass is 16.5. The van der Waals surface area contributed by atoms with Gasteiger partial charge in [0.15, 0.2) is 17.2 Å². The first-order chi connectivity index (χ1) is 17.1. The number of carbonyl (C=O) groups excluding carboxylic acids is 1. The number of aromatic nitrogens is 5. The summed E-state index contributed by atoms with van der Waals surface area (Å²) in [6.45, 7) is 4.86. The summed E-state index contributed by atoms with van der Waals surface area (Å²) >= 11 is 0. The van der Waals surface area contributed by atoms with Crippen LogP contribution < -0.4 is 10.2 Å². The van der Waals surface area contributed by atoms with Crippen LogP contribution >= 0.6 is 0 Å². The van der Waals surface area contributed by atoms with E-state index in [0.29, 0.717) is 30.4 Å². The van der Waals surface area contributed by atoms with Crippen LogP contribution in [0.25, 0.3) is 22.7 Å². The molecule has 0 bridgehead atoms. The van der Waals surface area contributed by atoms with E-state index in [-0.39, 0.29) is 11.9 Å². The molecule has 1 N–H and O–H groups in total. The molecule has 0 unspecified atom stereocenters. The molecule has 0 spiro atoms. The van der Waals surface area contributed by atoms with E-state index in [4.69, 9.17) is 14.8 Å². The molecule has 0 atom stereocenters. The number of hydrogen-bond donors (Lipinski definition) is 1. The van der Waals surface area contributed by atoms with Crippen molar-refractivity contribution in [2.75, 3.05) is 31.2 Å². The van der Waals surface area contributed by atoms with Crippen LogP contribution in [0.2, 0.25) is 0 Å². The van der Waals surface area contributed by atoms with Crippen molar-refractivity contribution in [3.05, 3.63) is 59.9 Å². The topological polar surface area (TPSA) is 89.6 Å². The number of hydrogen-bond acceptors (Lipinski definition) is 6. The van der Waals surface area contributed by atoms with Gasteiger partial charge in [0.1, 0.15) is 5.82 Å². The summed E-state index contributed by atoms with van der Waals surface area (Å²) in [5.74, 6) is 1.42. The van der Waals surface area contributed by atoms with Gasteiger partial charge in [-0.3, -0.25) is 4.79 Å². The predicted octanol–water partition coefficient (Wildman–Crippen LogP) is 3.40. The summed E-state index contributed by atoms with van der Waals surface area (Å²) in [6.07, 6.45) is 6.31. The second kappa shape index (κ2) is 9.14. The number of benzene rings is 1. The van der Waals surface area contributed by atoms with Gasteiger partial charge in [-0.15, -0.1) is 0 Å². The van der Waals surface area contributed by atoms with E-state index in [1.54, 1.807) is 15.3 Å². The van der Waals surface area contributed by atoms with Gasteiger partial charge in [0.2, 0.25) is 0 Å². The molecular weight excluding hydrogens is 442 g/mol. The van der Waals surface area contributed by atoms with Gasteiger partial charge in [-0.25, -0.2) is 9.67 Å². The van der Waals surface area contributed by atoms with E-state index in [9.17, 15) is 4.79 Å². The number of fused-ring (bicyclic) bond motifs is 1. The van der Waals surface area contributed by atoms with Crippen molar-refractivity contribution in [2.24, 2.45) is 0 Å². The lowest BCUT2D eigenvalue weighted by atomic mass is 10.1. The smallest absolute Gasteiger partial charge is 0.272 e. The number of carbonyl (C=O) groups is 1. The molecule has 9 nitrogen and oxygen atoms in total. The average Bonchev–Trinajstić information content (AvgIpc) is 3.64. The zero-order chi connectivity index (χ0) is 23.8. The number of nitrogens with one attached hydrogen (secondary N) is 1. The molecule has 0 radical (unpaired) electrons. The van der Waals surface area contributed by atoms with Gasteiger partial charge in [0.05, 0.1) is 18.9 Å².